The lowest BCUT2D eigenvalue weighted by Gasteiger charge is -2.31. The number of allylic oxidation sites excluding steroid dienone is 1. The SMILES string of the molecule is C=C1CCC(N2Cc3c(OCC(=O)N(CCC)CCC)cccc3C2=O)C(=O)N1. The molecular weight excluding hydrogens is 370 g/mol. The third-order valence-electron chi connectivity index (χ3n) is 5.34. The molecule has 0 saturated carbocycles. The van der Waals surface area contributed by atoms with E-state index in [0.717, 1.165) is 18.4 Å². The van der Waals surface area contributed by atoms with Crippen LogP contribution >= 0.6 is 0 Å². The van der Waals surface area contributed by atoms with E-state index in [4.69, 9.17) is 4.74 Å². The third-order valence-corrected chi connectivity index (χ3v) is 5.34. The van der Waals surface area contributed by atoms with Gasteiger partial charge in [0.2, 0.25) is 5.91 Å². The van der Waals surface area contributed by atoms with E-state index in [9.17, 15) is 14.4 Å². The normalized spacial score (nSPS) is 18.5. The molecule has 156 valence electrons. The van der Waals surface area contributed by atoms with Crippen molar-refractivity contribution in [3.8, 4) is 5.75 Å². The molecule has 2 heterocycles. The first kappa shape index (κ1) is 20.9. The number of nitrogens with one attached hydrogen (secondary N) is 1. The highest BCUT2D eigenvalue weighted by atomic mass is 16.5. The standard InChI is InChI=1S/C22H29N3O4/c1-4-11-24(12-5-2)20(26)14-29-19-8-6-7-16-17(19)13-25(22(16)28)18-10-9-15(3)23-21(18)27/h6-8,18H,3-5,9-14H2,1-2H3,(H,23,27). The maximum Gasteiger partial charge on any atom is 0.260 e. The number of nitrogens with zero attached hydrogens (tertiary/aromatic N) is 2. The molecule has 0 radical (unpaired) electrons. The van der Waals surface area contributed by atoms with Crippen LogP contribution in [0.1, 0.15) is 55.5 Å². The molecule has 1 aromatic rings. The monoisotopic (exact) mass is 399 g/mol. The lowest BCUT2D eigenvalue weighted by Crippen LogP contribution is -2.49. The molecule has 3 rings (SSSR count). The minimum absolute atomic E-state index is 0.0577. The van der Waals surface area contributed by atoms with Crippen LogP contribution in [0.25, 0.3) is 0 Å². The quantitative estimate of drug-likeness (QED) is 0.728. The number of carbonyl (C=O) groups excluding carboxylic acids is 3. The first-order chi connectivity index (χ1) is 14.0. The summed E-state index contributed by atoms with van der Waals surface area (Å²) in [6, 6.07) is 4.75. The summed E-state index contributed by atoms with van der Waals surface area (Å²) in [6.07, 6.45) is 3.00. The summed E-state index contributed by atoms with van der Waals surface area (Å²) in [6.45, 7) is 9.52. The lowest BCUT2D eigenvalue weighted by molar-refractivity contribution is -0.133. The van der Waals surface area contributed by atoms with Crippen LogP contribution in [0, 0.1) is 0 Å². The molecule has 7 nitrogen and oxygen atoms in total. The molecule has 0 aliphatic carbocycles. The van der Waals surface area contributed by atoms with Gasteiger partial charge in [0.05, 0.1) is 6.54 Å². The summed E-state index contributed by atoms with van der Waals surface area (Å²) >= 11 is 0. The third kappa shape index (κ3) is 4.44. The van der Waals surface area contributed by atoms with Gasteiger partial charge in [0, 0.05) is 29.9 Å². The van der Waals surface area contributed by atoms with E-state index < -0.39 is 6.04 Å². The van der Waals surface area contributed by atoms with Crippen molar-refractivity contribution in [2.24, 2.45) is 0 Å². The predicted octanol–water partition coefficient (Wildman–Crippen LogP) is 2.46. The van der Waals surface area contributed by atoms with Crippen molar-refractivity contribution in [3.63, 3.8) is 0 Å². The number of benzene rings is 1. The zero-order valence-corrected chi connectivity index (χ0v) is 17.2. The van der Waals surface area contributed by atoms with Crippen molar-refractivity contribution in [1.29, 1.82) is 0 Å². The number of carbonyl (C=O) groups is 3. The van der Waals surface area contributed by atoms with E-state index in [1.807, 2.05) is 13.8 Å². The molecule has 1 fully saturated rings. The average molecular weight is 399 g/mol. The molecule has 7 heteroatoms. The van der Waals surface area contributed by atoms with Crippen LogP contribution < -0.4 is 10.1 Å². The largest absolute Gasteiger partial charge is 0.483 e. The van der Waals surface area contributed by atoms with Crippen LogP contribution in [0.5, 0.6) is 5.75 Å². The van der Waals surface area contributed by atoms with Gasteiger partial charge in [-0.2, -0.15) is 0 Å². The summed E-state index contributed by atoms with van der Waals surface area (Å²) < 4.78 is 5.83. The second-order valence-corrected chi connectivity index (χ2v) is 7.53. The number of piperidine rings is 1. The molecule has 3 amide bonds. The number of rotatable bonds is 8. The van der Waals surface area contributed by atoms with Gasteiger partial charge in [0.25, 0.3) is 11.8 Å². The summed E-state index contributed by atoms with van der Waals surface area (Å²) in [7, 11) is 0. The molecule has 0 aromatic heterocycles. The Kier molecular flexibility index (Phi) is 6.56. The summed E-state index contributed by atoms with van der Waals surface area (Å²) in [5, 5.41) is 2.74. The minimum Gasteiger partial charge on any atom is -0.483 e. The molecule has 2 aliphatic heterocycles. The second-order valence-electron chi connectivity index (χ2n) is 7.53. The fourth-order valence-electron chi connectivity index (χ4n) is 3.90. The van der Waals surface area contributed by atoms with Gasteiger partial charge in [0.1, 0.15) is 11.8 Å². The van der Waals surface area contributed by atoms with Gasteiger partial charge in [-0.15, -0.1) is 0 Å². The molecule has 1 atom stereocenters. The smallest absolute Gasteiger partial charge is 0.260 e. The van der Waals surface area contributed by atoms with E-state index in [2.05, 4.69) is 11.9 Å². The molecule has 2 aliphatic rings. The zero-order chi connectivity index (χ0) is 21.0. The maximum atomic E-state index is 12.9. The molecule has 1 N–H and O–H groups in total. The molecule has 29 heavy (non-hydrogen) atoms. The van der Waals surface area contributed by atoms with Crippen LogP contribution in [-0.2, 0) is 16.1 Å². The Bertz CT molecular complexity index is 814. The first-order valence-electron chi connectivity index (χ1n) is 10.3. The van der Waals surface area contributed by atoms with E-state index in [1.54, 1.807) is 28.0 Å². The highest BCUT2D eigenvalue weighted by molar-refractivity contribution is 6.02. The van der Waals surface area contributed by atoms with Crippen LogP contribution in [0.4, 0.5) is 0 Å². The maximum absolute atomic E-state index is 12.9. The fourth-order valence-corrected chi connectivity index (χ4v) is 3.90. The summed E-state index contributed by atoms with van der Waals surface area (Å²) in [5.74, 6) is 0.0933. The van der Waals surface area contributed by atoms with Gasteiger partial charge in [-0.25, -0.2) is 0 Å². The van der Waals surface area contributed by atoms with E-state index in [0.29, 0.717) is 49.5 Å². The van der Waals surface area contributed by atoms with Crippen LogP contribution in [-0.4, -0.2) is 53.3 Å². The molecule has 1 saturated heterocycles. The van der Waals surface area contributed by atoms with Gasteiger partial charge < -0.3 is 19.9 Å². The van der Waals surface area contributed by atoms with Crippen molar-refractivity contribution < 1.29 is 19.1 Å². The Labute approximate surface area is 171 Å². The van der Waals surface area contributed by atoms with E-state index in [1.165, 1.54) is 0 Å². The van der Waals surface area contributed by atoms with Crippen molar-refractivity contribution in [2.45, 2.75) is 52.1 Å². The van der Waals surface area contributed by atoms with Crippen molar-refractivity contribution in [2.75, 3.05) is 19.7 Å². The second kappa shape index (κ2) is 9.11. The van der Waals surface area contributed by atoms with E-state index in [-0.39, 0.29) is 24.3 Å². The number of hydrogen-bond donors (Lipinski definition) is 1. The van der Waals surface area contributed by atoms with Crippen LogP contribution in [0.15, 0.2) is 30.5 Å². The summed E-state index contributed by atoms with van der Waals surface area (Å²) in [4.78, 5) is 41.1. The topological polar surface area (TPSA) is 79.0 Å². The van der Waals surface area contributed by atoms with Gasteiger partial charge in [0.15, 0.2) is 6.61 Å². The molecule has 1 aromatic carbocycles. The Morgan fingerprint density at radius 1 is 1.28 bits per heavy atom. The lowest BCUT2D eigenvalue weighted by atomic mass is 10.0. The van der Waals surface area contributed by atoms with Gasteiger partial charge >= 0.3 is 0 Å². The van der Waals surface area contributed by atoms with Crippen LogP contribution in [0.2, 0.25) is 0 Å². The van der Waals surface area contributed by atoms with Gasteiger partial charge in [-0.3, -0.25) is 14.4 Å². The van der Waals surface area contributed by atoms with Crippen molar-refractivity contribution in [3.05, 3.63) is 41.6 Å². The minimum atomic E-state index is -0.514. The Hall–Kier alpha value is -2.83. The van der Waals surface area contributed by atoms with E-state index >= 15 is 0 Å². The Balaban J connectivity index is 1.71. The summed E-state index contributed by atoms with van der Waals surface area (Å²) in [5.41, 5.74) is 1.95. The first-order valence-corrected chi connectivity index (χ1v) is 10.3. The number of fused-ring (bicyclic) bond motifs is 1. The fraction of sp³-hybridized carbons (Fsp3) is 0.500. The number of amides is 3. The average Bonchev–Trinajstić information content (AvgIpc) is 3.03. The molecule has 1 unspecified atom stereocenters. The number of hydrogen-bond acceptors (Lipinski definition) is 4. The van der Waals surface area contributed by atoms with Gasteiger partial charge in [-0.05, 0) is 37.8 Å². The van der Waals surface area contributed by atoms with Crippen molar-refractivity contribution in [1.82, 2.24) is 15.1 Å². The Morgan fingerprint density at radius 3 is 2.66 bits per heavy atom. The van der Waals surface area contributed by atoms with Crippen molar-refractivity contribution >= 4 is 17.7 Å². The molecule has 0 bridgehead atoms. The highest BCUT2D eigenvalue weighted by Crippen LogP contribution is 2.34. The molecular formula is C22H29N3O4. The van der Waals surface area contributed by atoms with Gasteiger partial charge in [-0.1, -0.05) is 26.5 Å². The number of ether oxygens (including phenoxy) is 1. The Morgan fingerprint density at radius 2 is 2.00 bits per heavy atom. The molecule has 0 spiro atoms. The highest BCUT2D eigenvalue weighted by Gasteiger charge is 2.39. The predicted molar refractivity (Wildman–Crippen MR) is 109 cm³/mol. The van der Waals surface area contributed by atoms with Crippen LogP contribution in [0.3, 0.4) is 0 Å². The zero-order valence-electron chi connectivity index (χ0n) is 17.2.